The van der Waals surface area contributed by atoms with Crippen LogP contribution in [0.25, 0.3) is 0 Å². The van der Waals surface area contributed by atoms with Crippen LogP contribution in [-0.2, 0) is 22.3 Å². The van der Waals surface area contributed by atoms with Gasteiger partial charge in [-0.25, -0.2) is 0 Å². The molecule has 2 aromatic rings. The van der Waals surface area contributed by atoms with Gasteiger partial charge in [0.2, 0.25) is 11.8 Å². The van der Waals surface area contributed by atoms with Gasteiger partial charge in [0.05, 0.1) is 23.5 Å². The molecule has 0 unspecified atom stereocenters. The fourth-order valence-corrected chi connectivity index (χ4v) is 2.36. The van der Waals surface area contributed by atoms with Crippen molar-refractivity contribution in [2.24, 2.45) is 0 Å². The molecule has 0 saturated carbocycles. The molecule has 0 bridgehead atoms. The first-order valence-corrected chi connectivity index (χ1v) is 7.86. The van der Waals surface area contributed by atoms with Crippen molar-refractivity contribution in [1.29, 1.82) is 0 Å². The highest BCUT2D eigenvalue weighted by molar-refractivity contribution is 6.30. The third-order valence-corrected chi connectivity index (χ3v) is 3.66. The summed E-state index contributed by atoms with van der Waals surface area (Å²) in [7, 11) is 0. The molecular weight excluding hydrogens is 371 g/mol. The molecule has 0 spiro atoms. The number of nitrogens with zero attached hydrogens (tertiary/aromatic N) is 2. The van der Waals surface area contributed by atoms with E-state index in [1.54, 1.807) is 18.2 Å². The molecular formula is C17H15ClF3N3O2. The number of pyridine rings is 1. The fourth-order valence-electron chi connectivity index (χ4n) is 2.19. The zero-order valence-electron chi connectivity index (χ0n) is 13.7. The normalized spacial score (nSPS) is 11.1. The van der Waals surface area contributed by atoms with Gasteiger partial charge in [0, 0.05) is 18.1 Å². The summed E-state index contributed by atoms with van der Waals surface area (Å²) >= 11 is 5.60. The zero-order chi connectivity index (χ0) is 19.3. The predicted octanol–water partition coefficient (Wildman–Crippen LogP) is 3.74. The van der Waals surface area contributed by atoms with Gasteiger partial charge >= 0.3 is 6.18 Å². The molecule has 0 fully saturated rings. The number of benzene rings is 1. The number of halogens is 4. The molecule has 1 heterocycles. The zero-order valence-corrected chi connectivity index (χ0v) is 14.4. The summed E-state index contributed by atoms with van der Waals surface area (Å²) in [5.74, 6) is -1.16. The Morgan fingerprint density at radius 2 is 1.96 bits per heavy atom. The number of carbonyl (C=O) groups excluding carboxylic acids is 2. The van der Waals surface area contributed by atoms with Crippen LogP contribution >= 0.6 is 11.6 Å². The van der Waals surface area contributed by atoms with Crippen molar-refractivity contribution in [2.75, 3.05) is 11.9 Å². The Labute approximate surface area is 152 Å². The summed E-state index contributed by atoms with van der Waals surface area (Å²) in [6, 6.07) is 8.14. The standard InChI is InChI=1S/C17H15ClF3N3O2/c1-11(25)24(9-13-4-2-3-7-22-13)10-16(26)23-15-6-5-12(18)8-14(15)17(19,20)21/h2-8H,9-10H2,1H3,(H,23,26). The summed E-state index contributed by atoms with van der Waals surface area (Å²) in [6.07, 6.45) is -3.14. The second-order valence-electron chi connectivity index (χ2n) is 5.43. The highest BCUT2D eigenvalue weighted by Gasteiger charge is 2.34. The number of nitrogens with one attached hydrogen (secondary N) is 1. The van der Waals surface area contributed by atoms with E-state index in [9.17, 15) is 22.8 Å². The number of anilines is 1. The molecule has 0 radical (unpaired) electrons. The number of alkyl halides is 3. The van der Waals surface area contributed by atoms with Crippen molar-refractivity contribution < 1.29 is 22.8 Å². The summed E-state index contributed by atoms with van der Waals surface area (Å²) in [5, 5.41) is 2.08. The lowest BCUT2D eigenvalue weighted by atomic mass is 10.1. The minimum Gasteiger partial charge on any atom is -0.328 e. The van der Waals surface area contributed by atoms with Crippen LogP contribution in [0.2, 0.25) is 5.02 Å². The molecule has 1 aromatic carbocycles. The summed E-state index contributed by atoms with van der Waals surface area (Å²) < 4.78 is 39.2. The van der Waals surface area contributed by atoms with Gasteiger partial charge in [-0.05, 0) is 30.3 Å². The lowest BCUT2D eigenvalue weighted by Gasteiger charge is -2.21. The van der Waals surface area contributed by atoms with Gasteiger partial charge in [0.1, 0.15) is 6.54 Å². The van der Waals surface area contributed by atoms with E-state index < -0.39 is 35.8 Å². The van der Waals surface area contributed by atoms with Crippen molar-refractivity contribution in [2.45, 2.75) is 19.6 Å². The number of hydrogen-bond acceptors (Lipinski definition) is 3. The lowest BCUT2D eigenvalue weighted by Crippen LogP contribution is -2.36. The Bertz CT molecular complexity index is 798. The van der Waals surface area contributed by atoms with E-state index in [-0.39, 0.29) is 11.6 Å². The molecule has 0 saturated heterocycles. The molecule has 9 heteroatoms. The summed E-state index contributed by atoms with van der Waals surface area (Å²) in [4.78, 5) is 29.1. The van der Waals surface area contributed by atoms with Crippen LogP contribution in [0.4, 0.5) is 18.9 Å². The number of carbonyl (C=O) groups is 2. The van der Waals surface area contributed by atoms with E-state index >= 15 is 0 Å². The van der Waals surface area contributed by atoms with E-state index in [0.717, 1.165) is 12.1 Å². The molecule has 2 rings (SSSR count). The molecule has 26 heavy (non-hydrogen) atoms. The molecule has 1 aromatic heterocycles. The molecule has 5 nitrogen and oxygen atoms in total. The molecule has 0 aliphatic heterocycles. The topological polar surface area (TPSA) is 62.3 Å². The first-order chi connectivity index (χ1) is 12.2. The van der Waals surface area contributed by atoms with Gasteiger partial charge in [-0.1, -0.05) is 17.7 Å². The summed E-state index contributed by atoms with van der Waals surface area (Å²) in [6.45, 7) is 0.918. The van der Waals surface area contributed by atoms with Gasteiger partial charge in [0.15, 0.2) is 0 Å². The molecule has 0 atom stereocenters. The monoisotopic (exact) mass is 385 g/mol. The predicted molar refractivity (Wildman–Crippen MR) is 90.4 cm³/mol. The van der Waals surface area contributed by atoms with Crippen LogP contribution < -0.4 is 5.32 Å². The van der Waals surface area contributed by atoms with Crippen molar-refractivity contribution >= 4 is 29.1 Å². The fraction of sp³-hybridized carbons (Fsp3) is 0.235. The first kappa shape index (κ1) is 19.7. The van der Waals surface area contributed by atoms with E-state index in [0.29, 0.717) is 5.69 Å². The van der Waals surface area contributed by atoms with E-state index in [4.69, 9.17) is 11.6 Å². The maximum Gasteiger partial charge on any atom is 0.418 e. The largest absolute Gasteiger partial charge is 0.418 e. The van der Waals surface area contributed by atoms with Gasteiger partial charge < -0.3 is 10.2 Å². The number of hydrogen-bond donors (Lipinski definition) is 1. The average Bonchev–Trinajstić information content (AvgIpc) is 2.56. The van der Waals surface area contributed by atoms with Crippen molar-refractivity contribution in [3.05, 3.63) is 58.9 Å². The second-order valence-corrected chi connectivity index (χ2v) is 5.87. The Balaban J connectivity index is 2.13. The average molecular weight is 386 g/mol. The highest BCUT2D eigenvalue weighted by atomic mass is 35.5. The van der Waals surface area contributed by atoms with Crippen molar-refractivity contribution in [3.63, 3.8) is 0 Å². The van der Waals surface area contributed by atoms with Crippen LogP contribution in [0.3, 0.4) is 0 Å². The van der Waals surface area contributed by atoms with Gasteiger partial charge in [-0.3, -0.25) is 14.6 Å². The minimum absolute atomic E-state index is 0.0658. The number of rotatable bonds is 5. The Hall–Kier alpha value is -2.61. The van der Waals surface area contributed by atoms with E-state index in [1.165, 1.54) is 24.1 Å². The van der Waals surface area contributed by atoms with Crippen LogP contribution in [0, 0.1) is 0 Å². The maximum absolute atomic E-state index is 13.1. The van der Waals surface area contributed by atoms with Crippen molar-refractivity contribution in [3.8, 4) is 0 Å². The third kappa shape index (κ3) is 5.45. The summed E-state index contributed by atoms with van der Waals surface area (Å²) in [5.41, 5.74) is -0.927. The highest BCUT2D eigenvalue weighted by Crippen LogP contribution is 2.36. The lowest BCUT2D eigenvalue weighted by molar-refractivity contribution is -0.137. The van der Waals surface area contributed by atoms with Gasteiger partial charge in [-0.2, -0.15) is 13.2 Å². The molecule has 0 aliphatic carbocycles. The second kappa shape index (κ2) is 8.18. The van der Waals surface area contributed by atoms with Crippen LogP contribution in [0.15, 0.2) is 42.6 Å². The molecule has 0 aliphatic rings. The third-order valence-electron chi connectivity index (χ3n) is 3.42. The van der Waals surface area contributed by atoms with E-state index in [1.807, 2.05) is 0 Å². The van der Waals surface area contributed by atoms with Gasteiger partial charge in [0.25, 0.3) is 0 Å². The SMILES string of the molecule is CC(=O)N(CC(=O)Nc1ccc(Cl)cc1C(F)(F)F)Cc1ccccn1. The first-order valence-electron chi connectivity index (χ1n) is 7.49. The molecule has 1 N–H and O–H groups in total. The maximum atomic E-state index is 13.1. The minimum atomic E-state index is -4.68. The van der Waals surface area contributed by atoms with Crippen LogP contribution in [0.5, 0.6) is 0 Å². The van der Waals surface area contributed by atoms with Crippen LogP contribution in [-0.4, -0.2) is 28.2 Å². The Morgan fingerprint density at radius 3 is 2.54 bits per heavy atom. The number of aromatic nitrogens is 1. The van der Waals surface area contributed by atoms with Crippen LogP contribution in [0.1, 0.15) is 18.2 Å². The quantitative estimate of drug-likeness (QED) is 0.852. The smallest absolute Gasteiger partial charge is 0.328 e. The number of amides is 2. The molecule has 138 valence electrons. The van der Waals surface area contributed by atoms with Gasteiger partial charge in [-0.15, -0.1) is 0 Å². The Morgan fingerprint density at radius 1 is 1.23 bits per heavy atom. The molecule has 2 amide bonds. The van der Waals surface area contributed by atoms with Crippen molar-refractivity contribution in [1.82, 2.24) is 9.88 Å². The Kier molecular flexibility index (Phi) is 6.20. The van der Waals surface area contributed by atoms with E-state index in [2.05, 4.69) is 10.3 Å².